The fourth-order valence-corrected chi connectivity index (χ4v) is 6.22. The van der Waals surface area contributed by atoms with Gasteiger partial charge in [0.1, 0.15) is 0 Å². The van der Waals surface area contributed by atoms with Crippen molar-refractivity contribution in [2.45, 2.75) is 50.5 Å². The van der Waals surface area contributed by atoms with Crippen LogP contribution in [0.15, 0.2) is 29.2 Å². The Bertz CT molecular complexity index is 616. The molecule has 5 heteroatoms. The molecule has 21 heavy (non-hydrogen) atoms. The Balaban J connectivity index is 1.91. The van der Waals surface area contributed by atoms with Crippen molar-refractivity contribution < 1.29 is 8.42 Å². The minimum absolute atomic E-state index is 0.141. The summed E-state index contributed by atoms with van der Waals surface area (Å²) in [6.45, 7) is 4.95. The van der Waals surface area contributed by atoms with Crippen molar-refractivity contribution in [1.82, 2.24) is 4.31 Å². The number of benzene rings is 1. The normalized spacial score (nSPS) is 25.4. The van der Waals surface area contributed by atoms with E-state index >= 15 is 0 Å². The molecule has 1 aliphatic heterocycles. The zero-order chi connectivity index (χ0) is 15.3. The van der Waals surface area contributed by atoms with Gasteiger partial charge in [-0.2, -0.15) is 4.31 Å². The van der Waals surface area contributed by atoms with E-state index in [2.05, 4.69) is 13.8 Å². The van der Waals surface area contributed by atoms with Crippen LogP contribution in [0.25, 0.3) is 0 Å². The Labute approximate surface area is 127 Å². The molecule has 1 aromatic carbocycles. The SMILES string of the molecule is CC(C)C1N(S(=O)(=O)c2ccc(N)cc2)CC12CCCC2. The first-order valence-electron chi connectivity index (χ1n) is 7.74. The van der Waals surface area contributed by atoms with Crippen LogP contribution < -0.4 is 5.73 Å². The van der Waals surface area contributed by atoms with Crippen LogP contribution in [0.2, 0.25) is 0 Å². The summed E-state index contributed by atoms with van der Waals surface area (Å²) in [6, 6.07) is 6.68. The van der Waals surface area contributed by atoms with Gasteiger partial charge in [0.05, 0.1) is 4.90 Å². The van der Waals surface area contributed by atoms with E-state index in [1.165, 1.54) is 25.7 Å². The van der Waals surface area contributed by atoms with Crippen LogP contribution in [-0.2, 0) is 10.0 Å². The summed E-state index contributed by atoms with van der Waals surface area (Å²) in [4.78, 5) is 0.357. The largest absolute Gasteiger partial charge is 0.399 e. The van der Waals surface area contributed by atoms with E-state index in [1.807, 2.05) is 0 Å². The molecule has 3 rings (SSSR count). The Morgan fingerprint density at radius 3 is 2.29 bits per heavy atom. The highest BCUT2D eigenvalue weighted by Crippen LogP contribution is 2.54. The lowest BCUT2D eigenvalue weighted by molar-refractivity contribution is -0.0337. The van der Waals surface area contributed by atoms with Crippen molar-refractivity contribution in [3.05, 3.63) is 24.3 Å². The smallest absolute Gasteiger partial charge is 0.243 e. The minimum Gasteiger partial charge on any atom is -0.399 e. The first-order chi connectivity index (χ1) is 9.87. The molecule has 0 bridgehead atoms. The van der Waals surface area contributed by atoms with Gasteiger partial charge in [0.2, 0.25) is 10.0 Å². The molecule has 1 saturated carbocycles. The second kappa shape index (κ2) is 4.99. The zero-order valence-electron chi connectivity index (χ0n) is 12.7. The van der Waals surface area contributed by atoms with Gasteiger partial charge in [-0.25, -0.2) is 8.42 Å². The van der Waals surface area contributed by atoms with Crippen LogP contribution in [0.4, 0.5) is 5.69 Å². The molecule has 1 unspecified atom stereocenters. The fourth-order valence-electron chi connectivity index (χ4n) is 4.28. The summed E-state index contributed by atoms with van der Waals surface area (Å²) >= 11 is 0. The molecule has 4 nitrogen and oxygen atoms in total. The van der Waals surface area contributed by atoms with Crippen molar-refractivity contribution in [3.63, 3.8) is 0 Å². The third kappa shape index (κ3) is 2.27. The monoisotopic (exact) mass is 308 g/mol. The third-order valence-corrected chi connectivity index (χ3v) is 6.97. The highest BCUT2D eigenvalue weighted by atomic mass is 32.2. The van der Waals surface area contributed by atoms with Gasteiger partial charge in [-0.15, -0.1) is 0 Å². The lowest BCUT2D eigenvalue weighted by atomic mass is 9.68. The molecule has 1 heterocycles. The van der Waals surface area contributed by atoms with E-state index in [4.69, 9.17) is 5.73 Å². The average Bonchev–Trinajstić information content (AvgIpc) is 2.87. The third-order valence-electron chi connectivity index (χ3n) is 5.13. The predicted molar refractivity (Wildman–Crippen MR) is 84.3 cm³/mol. The van der Waals surface area contributed by atoms with Crippen LogP contribution in [0.5, 0.6) is 0 Å². The number of anilines is 1. The summed E-state index contributed by atoms with van der Waals surface area (Å²) < 4.78 is 27.4. The van der Waals surface area contributed by atoms with Gasteiger partial charge in [-0.3, -0.25) is 0 Å². The molecule has 1 saturated heterocycles. The van der Waals surface area contributed by atoms with Crippen molar-refractivity contribution in [1.29, 1.82) is 0 Å². The Morgan fingerprint density at radius 2 is 1.76 bits per heavy atom. The topological polar surface area (TPSA) is 63.4 Å². The van der Waals surface area contributed by atoms with Gasteiger partial charge >= 0.3 is 0 Å². The molecule has 1 aromatic rings. The minimum atomic E-state index is -3.40. The van der Waals surface area contributed by atoms with Crippen LogP contribution in [0.3, 0.4) is 0 Å². The average molecular weight is 308 g/mol. The molecule has 2 fully saturated rings. The fraction of sp³-hybridized carbons (Fsp3) is 0.625. The Hall–Kier alpha value is -1.07. The first-order valence-corrected chi connectivity index (χ1v) is 9.18. The van der Waals surface area contributed by atoms with Gasteiger partial charge in [0.15, 0.2) is 0 Å². The summed E-state index contributed by atoms with van der Waals surface area (Å²) in [6.07, 6.45) is 4.81. The maximum Gasteiger partial charge on any atom is 0.243 e. The van der Waals surface area contributed by atoms with Crippen LogP contribution in [-0.4, -0.2) is 25.3 Å². The van der Waals surface area contributed by atoms with Crippen molar-refractivity contribution >= 4 is 15.7 Å². The zero-order valence-corrected chi connectivity index (χ0v) is 13.6. The van der Waals surface area contributed by atoms with E-state index < -0.39 is 10.0 Å². The van der Waals surface area contributed by atoms with Gasteiger partial charge in [-0.1, -0.05) is 26.7 Å². The van der Waals surface area contributed by atoms with Gasteiger partial charge in [-0.05, 0) is 43.0 Å². The molecule has 0 radical (unpaired) electrons. The number of hydrogen-bond donors (Lipinski definition) is 1. The Kier molecular flexibility index (Phi) is 3.53. The lowest BCUT2D eigenvalue weighted by Gasteiger charge is -2.57. The summed E-state index contributed by atoms with van der Waals surface area (Å²) in [7, 11) is -3.40. The number of rotatable bonds is 3. The maximum absolute atomic E-state index is 12.9. The van der Waals surface area contributed by atoms with E-state index in [-0.39, 0.29) is 11.5 Å². The predicted octanol–water partition coefficient (Wildman–Crippen LogP) is 2.86. The molecule has 2 aliphatic rings. The molecule has 1 spiro atoms. The highest BCUT2D eigenvalue weighted by Gasteiger charge is 2.58. The Morgan fingerprint density at radius 1 is 1.19 bits per heavy atom. The van der Waals surface area contributed by atoms with Crippen molar-refractivity contribution in [3.8, 4) is 0 Å². The number of hydrogen-bond acceptors (Lipinski definition) is 3. The lowest BCUT2D eigenvalue weighted by Crippen LogP contribution is -2.67. The second-order valence-electron chi connectivity index (χ2n) is 6.88. The molecule has 0 amide bonds. The number of nitrogens with zero attached hydrogens (tertiary/aromatic N) is 1. The molecule has 2 N–H and O–H groups in total. The summed E-state index contributed by atoms with van der Waals surface area (Å²) in [5.41, 5.74) is 6.47. The second-order valence-corrected chi connectivity index (χ2v) is 8.77. The highest BCUT2D eigenvalue weighted by molar-refractivity contribution is 7.89. The van der Waals surface area contributed by atoms with Crippen LogP contribution in [0, 0.1) is 11.3 Å². The van der Waals surface area contributed by atoms with Gasteiger partial charge in [0.25, 0.3) is 0 Å². The molecule has 116 valence electrons. The standard InChI is InChI=1S/C16H24N2O2S/c1-12(2)15-16(9-3-4-10-16)11-18(15)21(19,20)14-7-5-13(17)6-8-14/h5-8,12,15H,3-4,9-11,17H2,1-2H3. The van der Waals surface area contributed by atoms with E-state index in [1.54, 1.807) is 28.6 Å². The van der Waals surface area contributed by atoms with Crippen LogP contribution in [0.1, 0.15) is 39.5 Å². The quantitative estimate of drug-likeness (QED) is 0.873. The maximum atomic E-state index is 12.9. The molecule has 1 atom stereocenters. The summed E-state index contributed by atoms with van der Waals surface area (Å²) in [5.74, 6) is 0.348. The van der Waals surface area contributed by atoms with Gasteiger partial charge < -0.3 is 5.73 Å². The van der Waals surface area contributed by atoms with Crippen LogP contribution >= 0.6 is 0 Å². The van der Waals surface area contributed by atoms with E-state index in [0.717, 1.165) is 0 Å². The first kappa shape index (κ1) is 14.9. The molecular formula is C16H24N2O2S. The van der Waals surface area contributed by atoms with Crippen molar-refractivity contribution in [2.24, 2.45) is 11.3 Å². The van der Waals surface area contributed by atoms with Gasteiger partial charge in [0, 0.05) is 23.7 Å². The number of sulfonamides is 1. The molecule has 0 aromatic heterocycles. The molecular weight excluding hydrogens is 284 g/mol. The van der Waals surface area contributed by atoms with E-state index in [9.17, 15) is 8.42 Å². The van der Waals surface area contributed by atoms with E-state index in [0.29, 0.717) is 23.0 Å². The number of nitrogens with two attached hydrogens (primary N) is 1. The number of nitrogen functional groups attached to an aromatic ring is 1. The van der Waals surface area contributed by atoms with Crippen molar-refractivity contribution in [2.75, 3.05) is 12.3 Å². The summed E-state index contributed by atoms with van der Waals surface area (Å²) in [5, 5.41) is 0. The molecule has 1 aliphatic carbocycles.